The fourth-order valence-corrected chi connectivity index (χ4v) is 4.10. The van der Waals surface area contributed by atoms with Gasteiger partial charge in [-0.25, -0.2) is 8.42 Å². The smallest absolute Gasteiger partial charge is 0.264 e. The van der Waals surface area contributed by atoms with Crippen LogP contribution >= 0.6 is 0 Å². The van der Waals surface area contributed by atoms with E-state index in [-0.39, 0.29) is 10.8 Å². The number of H-pyrrole nitrogens is 1. The molecule has 146 valence electrons. The highest BCUT2D eigenvalue weighted by atomic mass is 32.2. The van der Waals surface area contributed by atoms with Gasteiger partial charge in [0, 0.05) is 18.3 Å². The molecule has 0 fully saturated rings. The summed E-state index contributed by atoms with van der Waals surface area (Å²) >= 11 is 0. The van der Waals surface area contributed by atoms with Crippen LogP contribution in [0.2, 0.25) is 0 Å². The Morgan fingerprint density at radius 1 is 0.931 bits per heavy atom. The predicted molar refractivity (Wildman–Crippen MR) is 110 cm³/mol. The predicted octanol–water partition coefficient (Wildman–Crippen LogP) is 3.04. The molecule has 0 radical (unpaired) electrons. The van der Waals surface area contributed by atoms with Crippen molar-refractivity contribution >= 4 is 38.3 Å². The van der Waals surface area contributed by atoms with Crippen LogP contribution in [0.25, 0.3) is 11.0 Å². The van der Waals surface area contributed by atoms with Gasteiger partial charge in [0.05, 0.1) is 10.6 Å². The first kappa shape index (κ1) is 18.6. The molecule has 2 N–H and O–H groups in total. The van der Waals surface area contributed by atoms with Crippen molar-refractivity contribution in [2.75, 3.05) is 16.7 Å². The van der Waals surface area contributed by atoms with Crippen molar-refractivity contribution < 1.29 is 13.2 Å². The average Bonchev–Trinajstić information content (AvgIpc) is 3.22. The Bertz CT molecular complexity index is 1290. The quantitative estimate of drug-likeness (QED) is 0.529. The second-order valence-corrected chi connectivity index (χ2v) is 8.29. The third-order valence-corrected chi connectivity index (χ3v) is 6.23. The molecule has 0 spiro atoms. The van der Waals surface area contributed by atoms with Crippen molar-refractivity contribution in [1.29, 1.82) is 0 Å². The van der Waals surface area contributed by atoms with Gasteiger partial charge in [-0.2, -0.15) is 15.4 Å². The van der Waals surface area contributed by atoms with Crippen molar-refractivity contribution in [1.82, 2.24) is 15.4 Å². The Balaban J connectivity index is 1.59. The summed E-state index contributed by atoms with van der Waals surface area (Å²) in [5, 5.41) is 13.1. The van der Waals surface area contributed by atoms with E-state index >= 15 is 0 Å². The maximum absolute atomic E-state index is 13.0. The molecule has 0 saturated heterocycles. The molecular formula is C20H17N5O3S. The van der Waals surface area contributed by atoms with Crippen LogP contribution in [-0.4, -0.2) is 36.8 Å². The number of carbonyl (C=O) groups is 1. The van der Waals surface area contributed by atoms with E-state index in [9.17, 15) is 13.2 Å². The fourth-order valence-electron chi connectivity index (χ4n) is 2.85. The molecule has 9 heteroatoms. The lowest BCUT2D eigenvalue weighted by Crippen LogP contribution is -2.26. The van der Waals surface area contributed by atoms with E-state index in [0.29, 0.717) is 28.0 Å². The van der Waals surface area contributed by atoms with Crippen molar-refractivity contribution in [2.24, 2.45) is 0 Å². The largest absolute Gasteiger partial charge is 0.322 e. The third kappa shape index (κ3) is 3.67. The summed E-state index contributed by atoms with van der Waals surface area (Å²) in [6.45, 7) is 0. The van der Waals surface area contributed by atoms with Gasteiger partial charge in [-0.3, -0.25) is 9.10 Å². The Hall–Kier alpha value is -3.72. The highest BCUT2D eigenvalue weighted by Gasteiger charge is 2.21. The number of nitrogens with zero attached hydrogens (tertiary/aromatic N) is 3. The van der Waals surface area contributed by atoms with Crippen LogP contribution in [0.4, 0.5) is 11.4 Å². The summed E-state index contributed by atoms with van der Waals surface area (Å²) in [4.78, 5) is 12.6. The topological polar surface area (TPSA) is 108 Å². The SMILES string of the molecule is CN(c1ccccc1)S(=O)(=O)c1cccc(NC(=O)c2ccc3n[nH]nc3c2)c1. The average molecular weight is 407 g/mol. The van der Waals surface area contributed by atoms with Crippen molar-refractivity contribution in [3.05, 3.63) is 78.4 Å². The highest BCUT2D eigenvalue weighted by Crippen LogP contribution is 2.24. The minimum Gasteiger partial charge on any atom is -0.322 e. The number of hydrogen-bond acceptors (Lipinski definition) is 5. The van der Waals surface area contributed by atoms with E-state index in [4.69, 9.17) is 0 Å². The summed E-state index contributed by atoms with van der Waals surface area (Å²) in [6.07, 6.45) is 0. The number of rotatable bonds is 5. The number of carbonyl (C=O) groups excluding carboxylic acids is 1. The highest BCUT2D eigenvalue weighted by molar-refractivity contribution is 7.92. The molecule has 29 heavy (non-hydrogen) atoms. The lowest BCUT2D eigenvalue weighted by atomic mass is 10.2. The Morgan fingerprint density at radius 2 is 1.69 bits per heavy atom. The number of nitrogens with one attached hydrogen (secondary N) is 2. The number of anilines is 2. The van der Waals surface area contributed by atoms with Gasteiger partial charge < -0.3 is 5.32 Å². The summed E-state index contributed by atoms with van der Waals surface area (Å²) < 4.78 is 27.1. The monoisotopic (exact) mass is 407 g/mol. The molecule has 8 nitrogen and oxygen atoms in total. The minimum atomic E-state index is -3.78. The molecule has 4 rings (SSSR count). The van der Waals surface area contributed by atoms with Crippen LogP contribution in [0, 0.1) is 0 Å². The van der Waals surface area contributed by atoms with Crippen LogP contribution in [0.15, 0.2) is 77.7 Å². The zero-order chi connectivity index (χ0) is 20.4. The van der Waals surface area contributed by atoms with Gasteiger partial charge in [0.25, 0.3) is 15.9 Å². The molecule has 0 saturated carbocycles. The van der Waals surface area contributed by atoms with E-state index < -0.39 is 10.0 Å². The molecule has 4 aromatic rings. The van der Waals surface area contributed by atoms with Crippen LogP contribution in [0.5, 0.6) is 0 Å². The van der Waals surface area contributed by atoms with Gasteiger partial charge in [0.2, 0.25) is 0 Å². The molecule has 1 heterocycles. The van der Waals surface area contributed by atoms with E-state index in [0.717, 1.165) is 0 Å². The second-order valence-electron chi connectivity index (χ2n) is 6.32. The number of para-hydroxylation sites is 1. The molecular weight excluding hydrogens is 390 g/mol. The first-order chi connectivity index (χ1) is 13.9. The molecule has 3 aromatic carbocycles. The molecule has 0 aliphatic rings. The normalized spacial score (nSPS) is 11.3. The zero-order valence-corrected chi connectivity index (χ0v) is 16.2. The van der Waals surface area contributed by atoms with Gasteiger partial charge in [-0.1, -0.05) is 24.3 Å². The van der Waals surface area contributed by atoms with E-state index in [1.165, 1.54) is 23.5 Å². The number of aromatic nitrogens is 3. The maximum atomic E-state index is 13.0. The molecule has 0 aliphatic heterocycles. The minimum absolute atomic E-state index is 0.0774. The second kappa shape index (κ2) is 7.36. The fraction of sp³-hybridized carbons (Fsp3) is 0.0500. The first-order valence-corrected chi connectivity index (χ1v) is 10.1. The van der Waals surface area contributed by atoms with E-state index in [1.54, 1.807) is 54.6 Å². The number of amides is 1. The molecule has 0 unspecified atom stereocenters. The van der Waals surface area contributed by atoms with Crippen molar-refractivity contribution in [3.8, 4) is 0 Å². The number of aromatic amines is 1. The molecule has 1 aromatic heterocycles. The molecule has 0 bridgehead atoms. The Kier molecular flexibility index (Phi) is 4.73. The molecule has 0 aliphatic carbocycles. The van der Waals surface area contributed by atoms with Gasteiger partial charge >= 0.3 is 0 Å². The summed E-state index contributed by atoms with van der Waals surface area (Å²) in [7, 11) is -2.29. The lowest BCUT2D eigenvalue weighted by Gasteiger charge is -2.19. The zero-order valence-electron chi connectivity index (χ0n) is 15.4. The van der Waals surface area contributed by atoms with Crippen LogP contribution in [0.1, 0.15) is 10.4 Å². The Morgan fingerprint density at radius 3 is 2.48 bits per heavy atom. The van der Waals surface area contributed by atoms with Crippen LogP contribution < -0.4 is 9.62 Å². The number of benzene rings is 3. The molecule has 1 amide bonds. The van der Waals surface area contributed by atoms with E-state index in [2.05, 4.69) is 20.7 Å². The number of sulfonamides is 1. The van der Waals surface area contributed by atoms with Gasteiger partial charge in [0.1, 0.15) is 11.0 Å². The summed E-state index contributed by atoms with van der Waals surface area (Å²) in [6, 6.07) is 19.8. The number of hydrogen-bond donors (Lipinski definition) is 2. The van der Waals surface area contributed by atoms with Gasteiger partial charge in [-0.05, 0) is 48.5 Å². The van der Waals surface area contributed by atoms with Crippen molar-refractivity contribution in [2.45, 2.75) is 4.90 Å². The third-order valence-electron chi connectivity index (χ3n) is 4.45. The van der Waals surface area contributed by atoms with Gasteiger partial charge in [-0.15, -0.1) is 0 Å². The lowest BCUT2D eigenvalue weighted by molar-refractivity contribution is 0.102. The maximum Gasteiger partial charge on any atom is 0.264 e. The number of fused-ring (bicyclic) bond motifs is 1. The first-order valence-electron chi connectivity index (χ1n) is 8.71. The van der Waals surface area contributed by atoms with Gasteiger partial charge in [0.15, 0.2) is 0 Å². The van der Waals surface area contributed by atoms with Crippen molar-refractivity contribution in [3.63, 3.8) is 0 Å². The van der Waals surface area contributed by atoms with E-state index in [1.807, 2.05) is 6.07 Å². The summed E-state index contributed by atoms with van der Waals surface area (Å²) in [5.41, 5.74) is 2.53. The molecule has 0 atom stereocenters. The summed E-state index contributed by atoms with van der Waals surface area (Å²) in [5.74, 6) is -0.374. The van der Waals surface area contributed by atoms with Crippen LogP contribution in [-0.2, 0) is 10.0 Å². The Labute approximate surface area is 167 Å². The standard InChI is InChI=1S/C20H17N5O3S/c1-25(16-7-3-2-4-8-16)29(27,28)17-9-5-6-15(13-17)21-20(26)14-10-11-18-19(12-14)23-24-22-18/h2-13H,1H3,(H,21,26)(H,22,23,24). The van der Waals surface area contributed by atoms with Crippen LogP contribution in [0.3, 0.4) is 0 Å².